The van der Waals surface area contributed by atoms with Crippen molar-refractivity contribution in [3.63, 3.8) is 0 Å². The number of rotatable bonds is 4. The van der Waals surface area contributed by atoms with E-state index in [1.807, 2.05) is 19.1 Å². The van der Waals surface area contributed by atoms with Crippen molar-refractivity contribution in [1.82, 2.24) is 19.5 Å². The molecular weight excluding hydrogens is 302 g/mol. The van der Waals surface area contributed by atoms with Crippen LogP contribution in [0.5, 0.6) is 0 Å². The third kappa shape index (κ3) is 2.78. The lowest BCUT2D eigenvalue weighted by Crippen LogP contribution is -2.25. The Hall–Kier alpha value is -2.47. The summed E-state index contributed by atoms with van der Waals surface area (Å²) in [4.78, 5) is 25.2. The van der Waals surface area contributed by atoms with Crippen molar-refractivity contribution in [1.29, 1.82) is 0 Å². The number of benzene rings is 1. The standard InChI is InChI=1S/C15H14ClN5O/c1-2-9-21-14(22)12-13(18-8-7-17-12)20-15(21)19-11-5-3-10(16)4-6-11/h3-8H,2,9H2,1H3,(H,18,19,20). The van der Waals surface area contributed by atoms with E-state index in [1.54, 1.807) is 16.7 Å². The fourth-order valence-electron chi connectivity index (χ4n) is 2.14. The van der Waals surface area contributed by atoms with Gasteiger partial charge in [0.15, 0.2) is 11.2 Å². The van der Waals surface area contributed by atoms with E-state index in [2.05, 4.69) is 20.3 Å². The molecule has 0 amide bonds. The van der Waals surface area contributed by atoms with E-state index >= 15 is 0 Å². The first-order chi connectivity index (χ1) is 10.7. The molecule has 1 aromatic carbocycles. The van der Waals surface area contributed by atoms with Crippen LogP contribution in [0, 0.1) is 0 Å². The van der Waals surface area contributed by atoms with Crippen LogP contribution >= 0.6 is 11.6 Å². The number of fused-ring (bicyclic) bond motifs is 1. The predicted octanol–water partition coefficient (Wildman–Crippen LogP) is 2.99. The van der Waals surface area contributed by atoms with Crippen LogP contribution in [0.15, 0.2) is 41.5 Å². The highest BCUT2D eigenvalue weighted by Crippen LogP contribution is 2.18. The van der Waals surface area contributed by atoms with Crippen LogP contribution < -0.4 is 10.9 Å². The quantitative estimate of drug-likeness (QED) is 0.801. The molecule has 0 bridgehead atoms. The number of hydrogen-bond acceptors (Lipinski definition) is 5. The third-order valence-corrected chi connectivity index (χ3v) is 3.39. The molecule has 0 aliphatic heterocycles. The highest BCUT2D eigenvalue weighted by atomic mass is 35.5. The molecule has 0 saturated carbocycles. The van der Waals surface area contributed by atoms with Gasteiger partial charge in [-0.15, -0.1) is 0 Å². The maximum atomic E-state index is 12.5. The molecule has 0 fully saturated rings. The summed E-state index contributed by atoms with van der Waals surface area (Å²) in [7, 11) is 0. The maximum Gasteiger partial charge on any atom is 0.283 e. The highest BCUT2D eigenvalue weighted by molar-refractivity contribution is 6.30. The van der Waals surface area contributed by atoms with Gasteiger partial charge in [-0.1, -0.05) is 18.5 Å². The van der Waals surface area contributed by atoms with E-state index in [0.717, 1.165) is 12.1 Å². The summed E-state index contributed by atoms with van der Waals surface area (Å²) in [6.07, 6.45) is 3.82. The average Bonchev–Trinajstić information content (AvgIpc) is 2.53. The Morgan fingerprint density at radius 3 is 2.64 bits per heavy atom. The van der Waals surface area contributed by atoms with Gasteiger partial charge in [0.1, 0.15) is 0 Å². The molecule has 0 aliphatic rings. The topological polar surface area (TPSA) is 72.7 Å². The van der Waals surface area contributed by atoms with Crippen LogP contribution in [0.2, 0.25) is 5.02 Å². The van der Waals surface area contributed by atoms with Crippen molar-refractivity contribution in [2.45, 2.75) is 19.9 Å². The zero-order valence-corrected chi connectivity index (χ0v) is 12.7. The van der Waals surface area contributed by atoms with Crippen molar-refractivity contribution in [2.75, 3.05) is 5.32 Å². The molecule has 112 valence electrons. The number of hydrogen-bond donors (Lipinski definition) is 1. The van der Waals surface area contributed by atoms with E-state index in [0.29, 0.717) is 23.2 Å². The summed E-state index contributed by atoms with van der Waals surface area (Å²) in [6, 6.07) is 7.19. The van der Waals surface area contributed by atoms with Gasteiger partial charge in [0.2, 0.25) is 5.95 Å². The monoisotopic (exact) mass is 315 g/mol. The molecule has 1 N–H and O–H groups in total. The minimum absolute atomic E-state index is 0.198. The van der Waals surface area contributed by atoms with Gasteiger partial charge >= 0.3 is 0 Å². The number of anilines is 2. The lowest BCUT2D eigenvalue weighted by atomic mass is 10.3. The molecule has 0 atom stereocenters. The molecule has 0 spiro atoms. The Morgan fingerprint density at radius 2 is 1.91 bits per heavy atom. The summed E-state index contributed by atoms with van der Waals surface area (Å²) in [5.74, 6) is 0.446. The van der Waals surface area contributed by atoms with Gasteiger partial charge in [0, 0.05) is 29.6 Å². The first kappa shape index (κ1) is 14.5. The molecule has 3 aromatic rings. The summed E-state index contributed by atoms with van der Waals surface area (Å²) in [5.41, 5.74) is 1.20. The van der Waals surface area contributed by atoms with Gasteiger partial charge in [-0.25, -0.2) is 9.97 Å². The smallest absolute Gasteiger partial charge is 0.283 e. The number of aromatic nitrogens is 4. The van der Waals surface area contributed by atoms with Crippen LogP contribution in [0.25, 0.3) is 11.2 Å². The van der Waals surface area contributed by atoms with E-state index in [9.17, 15) is 4.79 Å². The van der Waals surface area contributed by atoms with Gasteiger partial charge < -0.3 is 5.32 Å². The lowest BCUT2D eigenvalue weighted by Gasteiger charge is -2.13. The fourth-order valence-corrected chi connectivity index (χ4v) is 2.26. The number of nitrogens with zero attached hydrogens (tertiary/aromatic N) is 4. The molecule has 0 saturated heterocycles. The normalized spacial score (nSPS) is 10.8. The molecule has 0 radical (unpaired) electrons. The summed E-state index contributed by atoms with van der Waals surface area (Å²) >= 11 is 5.88. The Labute approximate surface area is 131 Å². The van der Waals surface area contributed by atoms with Gasteiger partial charge in [-0.3, -0.25) is 9.36 Å². The summed E-state index contributed by atoms with van der Waals surface area (Å²) < 4.78 is 1.58. The van der Waals surface area contributed by atoms with Crippen LogP contribution in [0.4, 0.5) is 11.6 Å². The summed E-state index contributed by atoms with van der Waals surface area (Å²) in [6.45, 7) is 2.55. The largest absolute Gasteiger partial charge is 0.325 e. The number of halogens is 1. The zero-order chi connectivity index (χ0) is 15.5. The SMILES string of the molecule is CCCn1c(Nc2ccc(Cl)cc2)nc2nccnc2c1=O. The second kappa shape index (κ2) is 6.11. The Kier molecular flexibility index (Phi) is 4.02. The van der Waals surface area contributed by atoms with Crippen LogP contribution in [-0.4, -0.2) is 19.5 Å². The molecule has 2 heterocycles. The van der Waals surface area contributed by atoms with Crippen molar-refractivity contribution in [3.05, 3.63) is 52.0 Å². The summed E-state index contributed by atoms with van der Waals surface area (Å²) in [5, 5.41) is 3.79. The van der Waals surface area contributed by atoms with E-state index in [-0.39, 0.29) is 11.1 Å². The molecular formula is C15H14ClN5O. The number of nitrogens with one attached hydrogen (secondary N) is 1. The van der Waals surface area contributed by atoms with Crippen molar-refractivity contribution in [2.24, 2.45) is 0 Å². The first-order valence-electron chi connectivity index (χ1n) is 6.93. The lowest BCUT2D eigenvalue weighted by molar-refractivity contribution is 0.655. The molecule has 7 heteroatoms. The van der Waals surface area contributed by atoms with E-state index in [1.165, 1.54) is 12.4 Å². The molecule has 22 heavy (non-hydrogen) atoms. The van der Waals surface area contributed by atoms with Crippen LogP contribution in [0.3, 0.4) is 0 Å². The fraction of sp³-hybridized carbons (Fsp3) is 0.200. The Bertz CT molecular complexity index is 860. The van der Waals surface area contributed by atoms with E-state index < -0.39 is 0 Å². The van der Waals surface area contributed by atoms with Gasteiger partial charge in [-0.05, 0) is 30.7 Å². The zero-order valence-electron chi connectivity index (χ0n) is 12.0. The minimum Gasteiger partial charge on any atom is -0.325 e. The maximum absolute atomic E-state index is 12.5. The van der Waals surface area contributed by atoms with Crippen molar-refractivity contribution in [3.8, 4) is 0 Å². The van der Waals surface area contributed by atoms with E-state index in [4.69, 9.17) is 11.6 Å². The molecule has 3 rings (SSSR count). The Balaban J connectivity index is 2.12. The molecule has 6 nitrogen and oxygen atoms in total. The first-order valence-corrected chi connectivity index (χ1v) is 7.31. The van der Waals surface area contributed by atoms with Crippen molar-refractivity contribution < 1.29 is 0 Å². The van der Waals surface area contributed by atoms with Crippen molar-refractivity contribution >= 4 is 34.4 Å². The third-order valence-electron chi connectivity index (χ3n) is 3.14. The van der Waals surface area contributed by atoms with Gasteiger partial charge in [0.25, 0.3) is 5.56 Å². The molecule has 0 aliphatic carbocycles. The predicted molar refractivity (Wildman–Crippen MR) is 86.6 cm³/mol. The van der Waals surface area contributed by atoms with Crippen LogP contribution in [0.1, 0.15) is 13.3 Å². The second-order valence-electron chi connectivity index (χ2n) is 4.75. The second-order valence-corrected chi connectivity index (χ2v) is 5.19. The molecule has 0 unspecified atom stereocenters. The van der Waals surface area contributed by atoms with Gasteiger partial charge in [-0.2, -0.15) is 4.98 Å². The Morgan fingerprint density at radius 1 is 1.18 bits per heavy atom. The van der Waals surface area contributed by atoms with Gasteiger partial charge in [0.05, 0.1) is 0 Å². The highest BCUT2D eigenvalue weighted by Gasteiger charge is 2.12. The van der Waals surface area contributed by atoms with Crippen LogP contribution in [-0.2, 0) is 6.54 Å². The minimum atomic E-state index is -0.198. The average molecular weight is 316 g/mol. The molecule has 2 aromatic heterocycles.